The second kappa shape index (κ2) is 8.70. The fraction of sp³-hybridized carbons (Fsp3) is 0.450. The summed E-state index contributed by atoms with van der Waals surface area (Å²) in [4.78, 5) is 14.4. The number of likely N-dealkylation sites (tertiary alicyclic amines) is 1. The van der Waals surface area contributed by atoms with Gasteiger partial charge in [0.15, 0.2) is 17.2 Å². The van der Waals surface area contributed by atoms with Gasteiger partial charge in [-0.25, -0.2) is 0 Å². The Balaban J connectivity index is 1.58. The normalized spacial score (nSPS) is 14.7. The summed E-state index contributed by atoms with van der Waals surface area (Å²) in [5.74, 6) is 2.63. The number of carbonyl (C=O) groups is 1. The van der Waals surface area contributed by atoms with Gasteiger partial charge in [0, 0.05) is 19.6 Å². The molecule has 0 saturated carbocycles. The Hall–Kier alpha value is -2.83. The summed E-state index contributed by atoms with van der Waals surface area (Å²) in [7, 11) is 3.22. The standard InChI is InChI=1S/C20H26N4O3/c1-14-8-10-24(11-9-14)20(25)16-5-7-19(23-22-16)21-13-15-4-6-17(26-2)18(12-15)27-3/h4-7,12,14H,8-11,13H2,1-3H3,(H,21,23). The number of methoxy groups -OCH3 is 2. The summed E-state index contributed by atoms with van der Waals surface area (Å²) in [5, 5.41) is 11.4. The number of hydrogen-bond acceptors (Lipinski definition) is 6. The third-order valence-corrected chi connectivity index (χ3v) is 4.88. The lowest BCUT2D eigenvalue weighted by molar-refractivity contribution is 0.0690. The molecule has 27 heavy (non-hydrogen) atoms. The number of piperidine rings is 1. The van der Waals surface area contributed by atoms with Crippen LogP contribution in [-0.4, -0.2) is 48.3 Å². The molecule has 7 nitrogen and oxygen atoms in total. The number of anilines is 1. The third kappa shape index (κ3) is 4.67. The number of carbonyl (C=O) groups excluding carboxylic acids is 1. The van der Waals surface area contributed by atoms with Crippen LogP contribution in [0.2, 0.25) is 0 Å². The monoisotopic (exact) mass is 370 g/mol. The SMILES string of the molecule is COc1ccc(CNc2ccc(C(=O)N3CCC(C)CC3)nn2)cc1OC. The quantitative estimate of drug-likeness (QED) is 0.842. The van der Waals surface area contributed by atoms with Crippen molar-refractivity contribution in [2.45, 2.75) is 26.3 Å². The number of amides is 1. The summed E-state index contributed by atoms with van der Waals surface area (Å²) in [6.07, 6.45) is 2.09. The Labute approximate surface area is 159 Å². The van der Waals surface area contributed by atoms with E-state index in [4.69, 9.17) is 9.47 Å². The van der Waals surface area contributed by atoms with Crippen LogP contribution in [0.4, 0.5) is 5.82 Å². The number of hydrogen-bond donors (Lipinski definition) is 1. The van der Waals surface area contributed by atoms with Gasteiger partial charge < -0.3 is 19.7 Å². The van der Waals surface area contributed by atoms with Crippen molar-refractivity contribution in [2.75, 3.05) is 32.6 Å². The second-order valence-electron chi connectivity index (χ2n) is 6.82. The van der Waals surface area contributed by atoms with E-state index < -0.39 is 0 Å². The zero-order valence-corrected chi connectivity index (χ0v) is 16.1. The number of nitrogens with zero attached hydrogens (tertiary/aromatic N) is 3. The van der Waals surface area contributed by atoms with Crippen molar-refractivity contribution in [1.82, 2.24) is 15.1 Å². The number of aromatic nitrogens is 2. The predicted octanol–water partition coefficient (Wildman–Crippen LogP) is 2.98. The Morgan fingerprint density at radius 1 is 1.11 bits per heavy atom. The molecule has 1 aliphatic rings. The van der Waals surface area contributed by atoms with E-state index >= 15 is 0 Å². The molecule has 0 spiro atoms. The molecule has 1 saturated heterocycles. The van der Waals surface area contributed by atoms with Gasteiger partial charge in [-0.05, 0) is 48.6 Å². The van der Waals surface area contributed by atoms with Crippen molar-refractivity contribution in [3.8, 4) is 11.5 Å². The minimum atomic E-state index is -0.0409. The Bertz CT molecular complexity index is 771. The van der Waals surface area contributed by atoms with E-state index in [1.807, 2.05) is 23.1 Å². The smallest absolute Gasteiger partial charge is 0.274 e. The third-order valence-electron chi connectivity index (χ3n) is 4.88. The van der Waals surface area contributed by atoms with Gasteiger partial charge >= 0.3 is 0 Å². The van der Waals surface area contributed by atoms with Crippen LogP contribution < -0.4 is 14.8 Å². The molecule has 7 heteroatoms. The number of rotatable bonds is 6. The first-order chi connectivity index (χ1) is 13.1. The molecule has 0 radical (unpaired) electrons. The van der Waals surface area contributed by atoms with Crippen molar-refractivity contribution >= 4 is 11.7 Å². The lowest BCUT2D eigenvalue weighted by atomic mass is 9.99. The molecule has 1 aromatic carbocycles. The van der Waals surface area contributed by atoms with Crippen LogP contribution in [0.1, 0.15) is 35.8 Å². The molecular weight excluding hydrogens is 344 g/mol. The highest BCUT2D eigenvalue weighted by Crippen LogP contribution is 2.27. The summed E-state index contributed by atoms with van der Waals surface area (Å²) >= 11 is 0. The molecule has 1 amide bonds. The first-order valence-corrected chi connectivity index (χ1v) is 9.18. The molecular formula is C20H26N4O3. The lowest BCUT2D eigenvalue weighted by Gasteiger charge is -2.29. The van der Waals surface area contributed by atoms with E-state index in [0.717, 1.165) is 31.5 Å². The summed E-state index contributed by atoms with van der Waals surface area (Å²) in [6.45, 7) is 4.37. The van der Waals surface area contributed by atoms with E-state index in [-0.39, 0.29) is 5.91 Å². The van der Waals surface area contributed by atoms with Gasteiger partial charge in [0.05, 0.1) is 14.2 Å². The average molecular weight is 370 g/mol. The molecule has 1 aromatic heterocycles. The van der Waals surface area contributed by atoms with Crippen LogP contribution in [0.3, 0.4) is 0 Å². The molecule has 1 N–H and O–H groups in total. The Morgan fingerprint density at radius 3 is 2.48 bits per heavy atom. The minimum Gasteiger partial charge on any atom is -0.493 e. The van der Waals surface area contributed by atoms with Gasteiger partial charge in [-0.3, -0.25) is 4.79 Å². The first kappa shape index (κ1) is 18.9. The van der Waals surface area contributed by atoms with E-state index in [2.05, 4.69) is 22.4 Å². The zero-order chi connectivity index (χ0) is 19.2. The molecule has 144 valence electrons. The van der Waals surface area contributed by atoms with Crippen LogP contribution in [0.25, 0.3) is 0 Å². The van der Waals surface area contributed by atoms with E-state index in [9.17, 15) is 4.79 Å². The highest BCUT2D eigenvalue weighted by atomic mass is 16.5. The van der Waals surface area contributed by atoms with E-state index in [0.29, 0.717) is 35.5 Å². The lowest BCUT2D eigenvalue weighted by Crippen LogP contribution is -2.38. The molecule has 2 heterocycles. The van der Waals surface area contributed by atoms with Crippen LogP contribution >= 0.6 is 0 Å². The first-order valence-electron chi connectivity index (χ1n) is 9.18. The molecule has 0 bridgehead atoms. The van der Waals surface area contributed by atoms with Crippen LogP contribution in [0.15, 0.2) is 30.3 Å². The highest BCUT2D eigenvalue weighted by molar-refractivity contribution is 5.92. The fourth-order valence-electron chi connectivity index (χ4n) is 3.10. The van der Waals surface area contributed by atoms with Crippen molar-refractivity contribution < 1.29 is 14.3 Å². The molecule has 1 aliphatic heterocycles. The molecule has 0 atom stereocenters. The van der Waals surface area contributed by atoms with Crippen LogP contribution in [0.5, 0.6) is 11.5 Å². The molecule has 1 fully saturated rings. The maximum Gasteiger partial charge on any atom is 0.274 e. The predicted molar refractivity (Wildman–Crippen MR) is 103 cm³/mol. The van der Waals surface area contributed by atoms with Gasteiger partial charge in [0.25, 0.3) is 5.91 Å². The summed E-state index contributed by atoms with van der Waals surface area (Å²) in [5.41, 5.74) is 1.42. The molecule has 0 unspecified atom stereocenters. The molecule has 3 rings (SSSR count). The van der Waals surface area contributed by atoms with Crippen molar-refractivity contribution in [1.29, 1.82) is 0 Å². The Kier molecular flexibility index (Phi) is 6.11. The van der Waals surface area contributed by atoms with Crippen molar-refractivity contribution in [2.24, 2.45) is 5.92 Å². The number of benzene rings is 1. The molecule has 2 aromatic rings. The van der Waals surface area contributed by atoms with E-state index in [1.165, 1.54) is 0 Å². The number of nitrogens with one attached hydrogen (secondary N) is 1. The maximum atomic E-state index is 12.5. The largest absolute Gasteiger partial charge is 0.493 e. The van der Waals surface area contributed by atoms with E-state index in [1.54, 1.807) is 26.4 Å². The van der Waals surface area contributed by atoms with Crippen molar-refractivity contribution in [3.05, 3.63) is 41.6 Å². The number of ether oxygens (including phenoxy) is 2. The Morgan fingerprint density at radius 2 is 1.85 bits per heavy atom. The zero-order valence-electron chi connectivity index (χ0n) is 16.1. The van der Waals surface area contributed by atoms with Gasteiger partial charge in [-0.2, -0.15) is 0 Å². The van der Waals surface area contributed by atoms with Gasteiger partial charge in [-0.1, -0.05) is 13.0 Å². The average Bonchev–Trinajstić information content (AvgIpc) is 2.72. The maximum absolute atomic E-state index is 12.5. The van der Waals surface area contributed by atoms with Crippen LogP contribution in [-0.2, 0) is 6.54 Å². The second-order valence-corrected chi connectivity index (χ2v) is 6.82. The van der Waals surface area contributed by atoms with Crippen LogP contribution in [0, 0.1) is 5.92 Å². The minimum absolute atomic E-state index is 0.0409. The fourth-order valence-corrected chi connectivity index (χ4v) is 3.10. The highest BCUT2D eigenvalue weighted by Gasteiger charge is 2.22. The molecule has 0 aliphatic carbocycles. The van der Waals surface area contributed by atoms with Gasteiger partial charge in [-0.15, -0.1) is 10.2 Å². The summed E-state index contributed by atoms with van der Waals surface area (Å²) < 4.78 is 10.6. The van der Waals surface area contributed by atoms with Gasteiger partial charge in [0.2, 0.25) is 0 Å². The summed E-state index contributed by atoms with van der Waals surface area (Å²) in [6, 6.07) is 9.24. The van der Waals surface area contributed by atoms with Gasteiger partial charge in [0.1, 0.15) is 5.82 Å². The topological polar surface area (TPSA) is 76.6 Å². The van der Waals surface area contributed by atoms with Crippen molar-refractivity contribution in [3.63, 3.8) is 0 Å².